The van der Waals surface area contributed by atoms with E-state index in [1.54, 1.807) is 4.90 Å². The van der Waals surface area contributed by atoms with Crippen molar-refractivity contribution in [3.63, 3.8) is 0 Å². The first-order valence-corrected chi connectivity index (χ1v) is 10.3. The van der Waals surface area contributed by atoms with E-state index < -0.39 is 5.54 Å². The number of hydrogen-bond acceptors (Lipinski definition) is 5. The van der Waals surface area contributed by atoms with Gasteiger partial charge in [0.2, 0.25) is 11.8 Å². The van der Waals surface area contributed by atoms with Crippen LogP contribution in [0.2, 0.25) is 0 Å². The number of likely N-dealkylation sites (tertiary alicyclic amines) is 1. The molecule has 7 nitrogen and oxygen atoms in total. The highest BCUT2D eigenvalue weighted by atomic mass is 16.5. The highest BCUT2D eigenvalue weighted by molar-refractivity contribution is 5.92. The Morgan fingerprint density at radius 2 is 2.10 bits per heavy atom. The Morgan fingerprint density at radius 3 is 2.83 bits per heavy atom. The van der Waals surface area contributed by atoms with Crippen LogP contribution in [0.1, 0.15) is 38.4 Å². The second-order valence-electron chi connectivity index (χ2n) is 7.91. The normalized spacial score (nSPS) is 24.4. The standard InChI is InChI=1S/C22H27N3O4/c1-16(26)25-11-6-10-22(25,21(27)23-18-9-5-12-28-15-18)14-19-13-20(24-29-19)17-7-3-2-4-8-17/h2-4,7-8,13,18H,5-6,9-12,14-15H2,1H3,(H,23,27)/t18-,22-/m1/s1. The molecule has 7 heteroatoms. The van der Waals surface area contributed by atoms with Gasteiger partial charge < -0.3 is 19.5 Å². The molecule has 2 amide bonds. The van der Waals surface area contributed by atoms with E-state index in [0.29, 0.717) is 31.8 Å². The Balaban J connectivity index is 1.58. The van der Waals surface area contributed by atoms with Crippen LogP contribution in [-0.4, -0.2) is 53.2 Å². The maximum Gasteiger partial charge on any atom is 0.246 e. The van der Waals surface area contributed by atoms with E-state index in [2.05, 4.69) is 10.5 Å². The van der Waals surface area contributed by atoms with Crippen molar-refractivity contribution >= 4 is 11.8 Å². The SMILES string of the molecule is CC(=O)N1CCC[C@@]1(Cc1cc(-c2ccccc2)no1)C(=O)N[C@@H]1CCCOC1. The Bertz CT molecular complexity index is 860. The number of benzene rings is 1. The topological polar surface area (TPSA) is 84.7 Å². The molecule has 0 aliphatic carbocycles. The Morgan fingerprint density at radius 1 is 1.28 bits per heavy atom. The monoisotopic (exact) mass is 397 g/mol. The molecule has 2 saturated heterocycles. The number of nitrogens with one attached hydrogen (secondary N) is 1. The van der Waals surface area contributed by atoms with E-state index in [1.165, 1.54) is 6.92 Å². The van der Waals surface area contributed by atoms with Crippen LogP contribution in [0.5, 0.6) is 0 Å². The van der Waals surface area contributed by atoms with Gasteiger partial charge in [0, 0.05) is 38.1 Å². The molecular weight excluding hydrogens is 370 g/mol. The zero-order valence-electron chi connectivity index (χ0n) is 16.7. The van der Waals surface area contributed by atoms with Crippen molar-refractivity contribution in [2.45, 2.75) is 50.6 Å². The van der Waals surface area contributed by atoms with Gasteiger partial charge in [-0.05, 0) is 25.7 Å². The zero-order chi connectivity index (χ0) is 20.3. The third kappa shape index (κ3) is 4.05. The Hall–Kier alpha value is -2.67. The largest absolute Gasteiger partial charge is 0.379 e. The predicted octanol–water partition coefficient (Wildman–Crippen LogP) is 2.56. The Kier molecular flexibility index (Phi) is 5.67. The minimum Gasteiger partial charge on any atom is -0.379 e. The van der Waals surface area contributed by atoms with Crippen LogP contribution in [0.4, 0.5) is 0 Å². The second kappa shape index (κ2) is 8.37. The molecule has 4 rings (SSSR count). The number of nitrogens with zero attached hydrogens (tertiary/aromatic N) is 2. The lowest BCUT2D eigenvalue weighted by Crippen LogP contribution is -2.60. The lowest BCUT2D eigenvalue weighted by atomic mass is 9.88. The molecule has 2 aliphatic heterocycles. The summed E-state index contributed by atoms with van der Waals surface area (Å²) < 4.78 is 11.1. The second-order valence-corrected chi connectivity index (χ2v) is 7.91. The van der Waals surface area contributed by atoms with Crippen molar-refractivity contribution in [2.24, 2.45) is 0 Å². The van der Waals surface area contributed by atoms with E-state index in [9.17, 15) is 9.59 Å². The summed E-state index contributed by atoms with van der Waals surface area (Å²) in [6.45, 7) is 3.34. The molecule has 0 radical (unpaired) electrons. The molecule has 1 aromatic heterocycles. The minimum absolute atomic E-state index is 0.0165. The number of rotatable bonds is 5. The highest BCUT2D eigenvalue weighted by Gasteiger charge is 2.50. The fourth-order valence-electron chi connectivity index (χ4n) is 4.44. The number of hydrogen-bond donors (Lipinski definition) is 1. The molecule has 1 aromatic carbocycles. The third-order valence-electron chi connectivity index (χ3n) is 5.88. The molecule has 3 heterocycles. The number of carbonyl (C=O) groups excluding carboxylic acids is 2. The molecule has 0 unspecified atom stereocenters. The van der Waals surface area contributed by atoms with Crippen LogP contribution < -0.4 is 5.32 Å². The number of carbonyl (C=O) groups is 2. The molecule has 0 saturated carbocycles. The molecule has 2 aromatic rings. The van der Waals surface area contributed by atoms with Gasteiger partial charge in [-0.15, -0.1) is 0 Å². The zero-order valence-corrected chi connectivity index (χ0v) is 16.7. The van der Waals surface area contributed by atoms with Gasteiger partial charge in [0.15, 0.2) is 0 Å². The fraction of sp³-hybridized carbons (Fsp3) is 0.500. The quantitative estimate of drug-likeness (QED) is 0.838. The van der Waals surface area contributed by atoms with Crippen LogP contribution in [0.3, 0.4) is 0 Å². The molecule has 2 aliphatic rings. The number of amides is 2. The van der Waals surface area contributed by atoms with Crippen molar-refractivity contribution in [3.05, 3.63) is 42.2 Å². The van der Waals surface area contributed by atoms with Crippen molar-refractivity contribution in [2.75, 3.05) is 19.8 Å². The van der Waals surface area contributed by atoms with E-state index in [4.69, 9.17) is 9.26 Å². The summed E-state index contributed by atoms with van der Waals surface area (Å²) in [5.74, 6) is 0.380. The number of ether oxygens (including phenoxy) is 1. The van der Waals surface area contributed by atoms with E-state index in [0.717, 1.165) is 37.1 Å². The summed E-state index contributed by atoms with van der Waals surface area (Å²) in [6, 6.07) is 11.6. The summed E-state index contributed by atoms with van der Waals surface area (Å²) in [6.07, 6.45) is 3.52. The molecular formula is C22H27N3O4. The van der Waals surface area contributed by atoms with Crippen molar-refractivity contribution in [1.82, 2.24) is 15.4 Å². The average Bonchev–Trinajstić information content (AvgIpc) is 3.38. The first-order chi connectivity index (χ1) is 14.1. The smallest absolute Gasteiger partial charge is 0.246 e. The first-order valence-electron chi connectivity index (χ1n) is 10.3. The molecule has 0 bridgehead atoms. The summed E-state index contributed by atoms with van der Waals surface area (Å²) in [7, 11) is 0. The lowest BCUT2D eigenvalue weighted by Gasteiger charge is -2.37. The van der Waals surface area contributed by atoms with Gasteiger partial charge >= 0.3 is 0 Å². The Labute approximate surface area is 170 Å². The van der Waals surface area contributed by atoms with Gasteiger partial charge in [0.1, 0.15) is 17.0 Å². The van der Waals surface area contributed by atoms with Gasteiger partial charge in [-0.25, -0.2) is 0 Å². The van der Waals surface area contributed by atoms with Crippen LogP contribution >= 0.6 is 0 Å². The van der Waals surface area contributed by atoms with Gasteiger partial charge in [-0.1, -0.05) is 35.5 Å². The molecule has 1 N–H and O–H groups in total. The fourth-order valence-corrected chi connectivity index (χ4v) is 4.44. The van der Waals surface area contributed by atoms with Gasteiger partial charge in [-0.2, -0.15) is 0 Å². The first kappa shape index (κ1) is 19.6. The third-order valence-corrected chi connectivity index (χ3v) is 5.88. The minimum atomic E-state index is -0.948. The molecule has 29 heavy (non-hydrogen) atoms. The van der Waals surface area contributed by atoms with Crippen molar-refractivity contribution < 1.29 is 18.8 Å². The van der Waals surface area contributed by atoms with Crippen LogP contribution in [-0.2, 0) is 20.7 Å². The van der Waals surface area contributed by atoms with Crippen LogP contribution in [0, 0.1) is 0 Å². The van der Waals surface area contributed by atoms with Crippen molar-refractivity contribution in [1.29, 1.82) is 0 Å². The lowest BCUT2D eigenvalue weighted by molar-refractivity contribution is -0.144. The number of aromatic nitrogens is 1. The van der Waals surface area contributed by atoms with Gasteiger partial charge in [0.25, 0.3) is 0 Å². The van der Waals surface area contributed by atoms with E-state index >= 15 is 0 Å². The highest BCUT2D eigenvalue weighted by Crippen LogP contribution is 2.34. The average molecular weight is 397 g/mol. The maximum atomic E-state index is 13.4. The maximum absolute atomic E-state index is 13.4. The van der Waals surface area contributed by atoms with E-state index in [1.807, 2.05) is 36.4 Å². The molecule has 2 fully saturated rings. The van der Waals surface area contributed by atoms with Crippen LogP contribution in [0.15, 0.2) is 40.9 Å². The van der Waals surface area contributed by atoms with E-state index in [-0.39, 0.29) is 17.9 Å². The molecule has 0 spiro atoms. The molecule has 154 valence electrons. The summed E-state index contributed by atoms with van der Waals surface area (Å²) in [5.41, 5.74) is 0.732. The predicted molar refractivity (Wildman–Crippen MR) is 107 cm³/mol. The van der Waals surface area contributed by atoms with Gasteiger partial charge in [0.05, 0.1) is 12.6 Å². The summed E-state index contributed by atoms with van der Waals surface area (Å²) in [4.78, 5) is 27.5. The molecule has 2 atom stereocenters. The van der Waals surface area contributed by atoms with Gasteiger partial charge in [-0.3, -0.25) is 9.59 Å². The summed E-state index contributed by atoms with van der Waals surface area (Å²) in [5, 5.41) is 7.30. The van der Waals surface area contributed by atoms with Crippen LogP contribution in [0.25, 0.3) is 11.3 Å². The summed E-state index contributed by atoms with van der Waals surface area (Å²) >= 11 is 0. The van der Waals surface area contributed by atoms with Crippen molar-refractivity contribution in [3.8, 4) is 11.3 Å².